The molecule has 1 aromatic carbocycles. The molecule has 0 saturated carbocycles. The van der Waals surface area contributed by atoms with E-state index in [4.69, 9.17) is 0 Å². The smallest absolute Gasteiger partial charge is 0.326 e. The van der Waals surface area contributed by atoms with Crippen LogP contribution in [0.5, 0.6) is 0 Å². The molecule has 4 amide bonds. The summed E-state index contributed by atoms with van der Waals surface area (Å²) in [6, 6.07) is 7.97. The number of carbonyl (C=O) groups is 3. The lowest BCUT2D eigenvalue weighted by Crippen LogP contribution is -2.33. The zero-order chi connectivity index (χ0) is 16.4. The molecule has 6 nitrogen and oxygen atoms in total. The van der Waals surface area contributed by atoms with E-state index in [1.165, 1.54) is 20.9 Å². The summed E-state index contributed by atoms with van der Waals surface area (Å²) in [6.45, 7) is 0.431. The molecule has 1 N–H and O–H groups in total. The number of nitrogens with zero attached hydrogens (tertiary/aromatic N) is 2. The lowest BCUT2D eigenvalue weighted by molar-refractivity contribution is -0.126. The van der Waals surface area contributed by atoms with Crippen LogP contribution in [0.3, 0.4) is 0 Å². The molecule has 122 valence electrons. The van der Waals surface area contributed by atoms with Gasteiger partial charge >= 0.3 is 6.03 Å². The molecule has 1 fully saturated rings. The Hall–Kier alpha value is -2.37. The van der Waals surface area contributed by atoms with E-state index in [-0.39, 0.29) is 30.4 Å². The van der Waals surface area contributed by atoms with Crippen LogP contribution in [0.1, 0.15) is 36.4 Å². The maximum absolute atomic E-state index is 12.1. The highest BCUT2D eigenvalue weighted by Gasteiger charge is 2.33. The summed E-state index contributed by atoms with van der Waals surface area (Å²) in [5.74, 6) is -0.221. The highest BCUT2D eigenvalue weighted by Crippen LogP contribution is 2.30. The quantitative estimate of drug-likeness (QED) is 0.837. The number of hydrogen-bond donors (Lipinski definition) is 1. The molecule has 0 bridgehead atoms. The van der Waals surface area contributed by atoms with Crippen molar-refractivity contribution in [3.05, 3.63) is 35.4 Å². The van der Waals surface area contributed by atoms with Crippen LogP contribution >= 0.6 is 0 Å². The fourth-order valence-corrected chi connectivity index (χ4v) is 3.26. The lowest BCUT2D eigenvalue weighted by Gasteiger charge is -2.16. The van der Waals surface area contributed by atoms with Crippen molar-refractivity contribution < 1.29 is 14.4 Å². The third kappa shape index (κ3) is 3.21. The molecule has 0 radical (unpaired) electrons. The standard InChI is InChI=1S/C17H21N3O3/c1-19-11-16(22)20(17(19)23)10-4-7-15(21)18-14-9-8-12-5-2-3-6-13(12)14/h2-3,5-6,14H,4,7-11H2,1H3,(H,18,21). The predicted octanol–water partition coefficient (Wildman–Crippen LogP) is 1.46. The first kappa shape index (κ1) is 15.5. The van der Waals surface area contributed by atoms with Crippen LogP contribution in [0.15, 0.2) is 24.3 Å². The summed E-state index contributed by atoms with van der Waals surface area (Å²) in [4.78, 5) is 38.1. The number of likely N-dealkylation sites (N-methyl/N-ethyl adjacent to an activating group) is 1. The topological polar surface area (TPSA) is 69.7 Å². The Balaban J connectivity index is 1.46. The number of nitrogens with one attached hydrogen (secondary N) is 1. The van der Waals surface area contributed by atoms with Gasteiger partial charge in [0.15, 0.2) is 0 Å². The van der Waals surface area contributed by atoms with Crippen LogP contribution in [0.4, 0.5) is 4.79 Å². The molecule has 1 aliphatic carbocycles. The third-order valence-corrected chi connectivity index (χ3v) is 4.48. The molecule has 6 heteroatoms. The van der Waals surface area contributed by atoms with Gasteiger partial charge in [0.2, 0.25) is 11.8 Å². The van der Waals surface area contributed by atoms with Gasteiger partial charge in [0.25, 0.3) is 0 Å². The minimum Gasteiger partial charge on any atom is -0.349 e. The van der Waals surface area contributed by atoms with E-state index in [0.717, 1.165) is 12.8 Å². The minimum atomic E-state index is -0.278. The van der Waals surface area contributed by atoms with Gasteiger partial charge in [-0.05, 0) is 30.4 Å². The van der Waals surface area contributed by atoms with Crippen LogP contribution in [-0.4, -0.2) is 47.8 Å². The van der Waals surface area contributed by atoms with Gasteiger partial charge in [0.05, 0.1) is 6.04 Å². The average molecular weight is 315 g/mol. The summed E-state index contributed by atoms with van der Waals surface area (Å²) in [7, 11) is 1.60. The van der Waals surface area contributed by atoms with Gasteiger partial charge in [-0.3, -0.25) is 14.5 Å². The second-order valence-corrected chi connectivity index (χ2v) is 6.15. The summed E-state index contributed by atoms with van der Waals surface area (Å²) >= 11 is 0. The fraction of sp³-hybridized carbons (Fsp3) is 0.471. The van der Waals surface area contributed by atoms with Gasteiger partial charge in [0, 0.05) is 20.0 Å². The van der Waals surface area contributed by atoms with Crippen molar-refractivity contribution in [3.63, 3.8) is 0 Å². The molecule has 0 aromatic heterocycles. The maximum atomic E-state index is 12.1. The van der Waals surface area contributed by atoms with Crippen molar-refractivity contribution in [2.24, 2.45) is 0 Å². The van der Waals surface area contributed by atoms with Crippen LogP contribution in [0.25, 0.3) is 0 Å². The van der Waals surface area contributed by atoms with E-state index < -0.39 is 0 Å². The maximum Gasteiger partial charge on any atom is 0.326 e. The molecular formula is C17H21N3O3. The fourth-order valence-electron chi connectivity index (χ4n) is 3.26. The first-order valence-corrected chi connectivity index (χ1v) is 7.99. The molecule has 1 heterocycles. The number of benzene rings is 1. The molecule has 1 atom stereocenters. The molecule has 2 aliphatic rings. The van der Waals surface area contributed by atoms with Crippen LogP contribution in [-0.2, 0) is 16.0 Å². The summed E-state index contributed by atoms with van der Waals surface area (Å²) < 4.78 is 0. The SMILES string of the molecule is CN1CC(=O)N(CCCC(=O)NC2CCc3ccccc32)C1=O. The molecule has 1 aliphatic heterocycles. The van der Waals surface area contributed by atoms with Gasteiger partial charge < -0.3 is 10.2 Å². The van der Waals surface area contributed by atoms with Crippen molar-refractivity contribution in [1.82, 2.24) is 15.1 Å². The zero-order valence-corrected chi connectivity index (χ0v) is 13.2. The summed E-state index contributed by atoms with van der Waals surface area (Å²) in [5, 5.41) is 3.05. The van der Waals surface area contributed by atoms with E-state index in [0.29, 0.717) is 19.4 Å². The van der Waals surface area contributed by atoms with E-state index in [1.54, 1.807) is 7.05 Å². The van der Waals surface area contributed by atoms with E-state index >= 15 is 0 Å². The Morgan fingerprint density at radius 3 is 2.83 bits per heavy atom. The molecular weight excluding hydrogens is 294 g/mol. The van der Waals surface area contributed by atoms with Gasteiger partial charge in [-0.25, -0.2) is 4.79 Å². The second-order valence-electron chi connectivity index (χ2n) is 6.15. The number of fused-ring (bicyclic) bond motifs is 1. The summed E-state index contributed by atoms with van der Waals surface area (Å²) in [6.07, 6.45) is 2.73. The molecule has 1 unspecified atom stereocenters. The highest BCUT2D eigenvalue weighted by molar-refractivity contribution is 6.01. The van der Waals surface area contributed by atoms with Crippen LogP contribution in [0.2, 0.25) is 0 Å². The average Bonchev–Trinajstić information content (AvgIpc) is 3.03. The molecule has 3 rings (SSSR count). The first-order valence-electron chi connectivity index (χ1n) is 7.99. The van der Waals surface area contributed by atoms with Gasteiger partial charge in [0.1, 0.15) is 6.54 Å². The second kappa shape index (κ2) is 6.40. The Bertz CT molecular complexity index is 644. The van der Waals surface area contributed by atoms with Crippen LogP contribution in [0, 0.1) is 0 Å². The molecule has 23 heavy (non-hydrogen) atoms. The molecule has 1 aromatic rings. The lowest BCUT2D eigenvalue weighted by atomic mass is 10.1. The summed E-state index contributed by atoms with van der Waals surface area (Å²) in [5.41, 5.74) is 2.50. The van der Waals surface area contributed by atoms with Gasteiger partial charge in [-0.1, -0.05) is 24.3 Å². The third-order valence-electron chi connectivity index (χ3n) is 4.48. The minimum absolute atomic E-state index is 0.0286. The molecule has 1 saturated heterocycles. The van der Waals surface area contributed by atoms with Crippen molar-refractivity contribution in [2.45, 2.75) is 31.7 Å². The predicted molar refractivity (Wildman–Crippen MR) is 84.6 cm³/mol. The van der Waals surface area contributed by atoms with Gasteiger partial charge in [-0.2, -0.15) is 0 Å². The molecule has 0 spiro atoms. The largest absolute Gasteiger partial charge is 0.349 e. The Morgan fingerprint density at radius 2 is 2.09 bits per heavy atom. The van der Waals surface area contributed by atoms with Crippen molar-refractivity contribution >= 4 is 17.8 Å². The first-order chi connectivity index (χ1) is 11.1. The van der Waals surface area contributed by atoms with Crippen molar-refractivity contribution in [3.8, 4) is 0 Å². The number of rotatable bonds is 5. The number of hydrogen-bond acceptors (Lipinski definition) is 3. The van der Waals surface area contributed by atoms with Crippen LogP contribution < -0.4 is 5.32 Å². The van der Waals surface area contributed by atoms with Crippen molar-refractivity contribution in [1.29, 1.82) is 0 Å². The highest BCUT2D eigenvalue weighted by atomic mass is 16.2. The Kier molecular flexibility index (Phi) is 4.32. The Labute approximate surface area is 135 Å². The number of urea groups is 1. The Morgan fingerprint density at radius 1 is 1.30 bits per heavy atom. The monoisotopic (exact) mass is 315 g/mol. The van der Waals surface area contributed by atoms with Crippen molar-refractivity contribution in [2.75, 3.05) is 20.1 Å². The number of carbonyl (C=O) groups excluding carboxylic acids is 3. The number of aryl methyl sites for hydroxylation is 1. The van der Waals surface area contributed by atoms with Gasteiger partial charge in [-0.15, -0.1) is 0 Å². The van der Waals surface area contributed by atoms with E-state index in [9.17, 15) is 14.4 Å². The zero-order valence-electron chi connectivity index (χ0n) is 13.2. The van der Waals surface area contributed by atoms with E-state index in [2.05, 4.69) is 17.4 Å². The number of imide groups is 1. The number of amides is 4. The van der Waals surface area contributed by atoms with E-state index in [1.807, 2.05) is 12.1 Å². The normalized spacial score (nSPS) is 20.1.